The van der Waals surface area contributed by atoms with Crippen molar-refractivity contribution in [1.29, 1.82) is 0 Å². The summed E-state index contributed by atoms with van der Waals surface area (Å²) in [4.78, 5) is 7.96. The first-order chi connectivity index (χ1) is 8.67. The molecule has 0 saturated carbocycles. The first kappa shape index (κ1) is 12.1. The third kappa shape index (κ3) is 2.04. The van der Waals surface area contributed by atoms with E-state index in [1.807, 2.05) is 0 Å². The van der Waals surface area contributed by atoms with E-state index in [2.05, 4.69) is 9.97 Å². The smallest absolute Gasteiger partial charge is 0.212 e. The second kappa shape index (κ2) is 4.87. The summed E-state index contributed by atoms with van der Waals surface area (Å²) in [5, 5.41) is 0. The van der Waals surface area contributed by atoms with Crippen molar-refractivity contribution in [1.82, 2.24) is 9.97 Å². The van der Waals surface area contributed by atoms with Gasteiger partial charge < -0.3 is 15.2 Å². The highest BCUT2D eigenvalue weighted by atomic mass is 19.1. The Labute approximate surface area is 103 Å². The number of hydrogen-bond acceptors (Lipinski definition) is 5. The Kier molecular flexibility index (Phi) is 3.27. The zero-order valence-corrected chi connectivity index (χ0v) is 9.98. The first-order valence-electron chi connectivity index (χ1n) is 5.15. The van der Waals surface area contributed by atoms with Gasteiger partial charge in [0.1, 0.15) is 11.4 Å². The van der Waals surface area contributed by atoms with Crippen LogP contribution in [0.3, 0.4) is 0 Å². The lowest BCUT2D eigenvalue weighted by Gasteiger charge is -2.08. The summed E-state index contributed by atoms with van der Waals surface area (Å²) in [5.74, 6) is 0.0275. The number of hydrogen-bond donors (Lipinski definition) is 1. The van der Waals surface area contributed by atoms with Gasteiger partial charge in [-0.3, -0.25) is 0 Å². The molecule has 2 aromatic rings. The van der Waals surface area contributed by atoms with Crippen molar-refractivity contribution in [3.63, 3.8) is 0 Å². The molecule has 0 bridgehead atoms. The summed E-state index contributed by atoms with van der Waals surface area (Å²) < 4.78 is 23.8. The van der Waals surface area contributed by atoms with Gasteiger partial charge in [-0.25, -0.2) is 14.4 Å². The second-order valence-corrected chi connectivity index (χ2v) is 3.49. The fraction of sp³-hybridized carbons (Fsp3) is 0.167. The van der Waals surface area contributed by atoms with Crippen LogP contribution in [0.1, 0.15) is 0 Å². The van der Waals surface area contributed by atoms with Crippen molar-refractivity contribution >= 4 is 5.69 Å². The van der Waals surface area contributed by atoms with Crippen LogP contribution in [0.5, 0.6) is 11.6 Å². The Morgan fingerprint density at radius 1 is 1.11 bits per heavy atom. The molecule has 2 rings (SSSR count). The van der Waals surface area contributed by atoms with Crippen molar-refractivity contribution in [2.45, 2.75) is 0 Å². The van der Waals surface area contributed by atoms with E-state index in [0.717, 1.165) is 0 Å². The molecule has 0 amide bonds. The third-order valence-electron chi connectivity index (χ3n) is 2.46. The van der Waals surface area contributed by atoms with Crippen molar-refractivity contribution in [2.75, 3.05) is 20.0 Å². The maximum absolute atomic E-state index is 14.0. The Balaban J connectivity index is 2.47. The van der Waals surface area contributed by atoms with Crippen LogP contribution in [0.15, 0.2) is 24.5 Å². The predicted molar refractivity (Wildman–Crippen MR) is 64.9 cm³/mol. The Morgan fingerprint density at radius 2 is 1.89 bits per heavy atom. The van der Waals surface area contributed by atoms with Gasteiger partial charge in [-0.15, -0.1) is 0 Å². The van der Waals surface area contributed by atoms with Gasteiger partial charge in [0.05, 0.1) is 20.4 Å². The van der Waals surface area contributed by atoms with E-state index in [4.69, 9.17) is 15.2 Å². The molecule has 6 heteroatoms. The van der Waals surface area contributed by atoms with Crippen LogP contribution in [-0.2, 0) is 0 Å². The molecule has 0 fully saturated rings. The topological polar surface area (TPSA) is 70.3 Å². The highest BCUT2D eigenvalue weighted by molar-refractivity contribution is 5.67. The normalized spacial score (nSPS) is 10.2. The quantitative estimate of drug-likeness (QED) is 0.899. The molecule has 18 heavy (non-hydrogen) atoms. The van der Waals surface area contributed by atoms with Gasteiger partial charge in [0, 0.05) is 17.8 Å². The molecular formula is C12H12FN3O2. The summed E-state index contributed by atoms with van der Waals surface area (Å²) in [6.45, 7) is 0. The Morgan fingerprint density at radius 3 is 2.44 bits per heavy atom. The second-order valence-electron chi connectivity index (χ2n) is 3.49. The SMILES string of the molecule is COc1ccc(-c2ncc(OC)c(N)c2F)cn1. The van der Waals surface area contributed by atoms with Gasteiger partial charge in [-0.1, -0.05) is 0 Å². The summed E-state index contributed by atoms with van der Waals surface area (Å²) in [6.07, 6.45) is 2.84. The maximum atomic E-state index is 14.0. The summed E-state index contributed by atoms with van der Waals surface area (Å²) >= 11 is 0. The first-order valence-corrected chi connectivity index (χ1v) is 5.15. The lowest BCUT2D eigenvalue weighted by atomic mass is 10.1. The zero-order chi connectivity index (χ0) is 13.1. The van der Waals surface area contributed by atoms with Gasteiger partial charge in [0.15, 0.2) is 11.6 Å². The number of nitrogen functional groups attached to an aromatic ring is 1. The minimum Gasteiger partial charge on any atom is -0.493 e. The highest BCUT2D eigenvalue weighted by Gasteiger charge is 2.14. The number of nitrogens with two attached hydrogens (primary N) is 1. The molecule has 0 aliphatic carbocycles. The summed E-state index contributed by atoms with van der Waals surface area (Å²) in [6, 6.07) is 3.28. The lowest BCUT2D eigenvalue weighted by molar-refractivity contribution is 0.398. The van der Waals surface area contributed by atoms with Crippen LogP contribution in [0.25, 0.3) is 11.3 Å². The standard InChI is InChI=1S/C12H12FN3O2/c1-17-8-6-16-12(10(13)11(8)14)7-3-4-9(18-2)15-5-7/h3-6H,1-2H3,(H2,14,16). The molecule has 0 aliphatic heterocycles. The van der Waals surface area contributed by atoms with Crippen LogP contribution in [-0.4, -0.2) is 24.2 Å². The van der Waals surface area contributed by atoms with E-state index in [-0.39, 0.29) is 17.1 Å². The number of nitrogens with zero attached hydrogens (tertiary/aromatic N) is 2. The van der Waals surface area contributed by atoms with E-state index in [0.29, 0.717) is 11.4 Å². The van der Waals surface area contributed by atoms with Crippen LogP contribution in [0, 0.1) is 5.82 Å². The number of rotatable bonds is 3. The van der Waals surface area contributed by atoms with Crippen molar-refractivity contribution in [3.8, 4) is 22.9 Å². The summed E-state index contributed by atoms with van der Waals surface area (Å²) in [7, 11) is 2.91. The molecule has 0 aliphatic rings. The van der Waals surface area contributed by atoms with Crippen molar-refractivity contribution < 1.29 is 13.9 Å². The zero-order valence-electron chi connectivity index (χ0n) is 9.98. The van der Waals surface area contributed by atoms with E-state index >= 15 is 0 Å². The van der Waals surface area contributed by atoms with Crippen molar-refractivity contribution in [3.05, 3.63) is 30.3 Å². The molecule has 0 saturated heterocycles. The fourth-order valence-electron chi connectivity index (χ4n) is 1.49. The van der Waals surface area contributed by atoms with Crippen LogP contribution in [0.2, 0.25) is 0 Å². The number of ether oxygens (including phenoxy) is 2. The van der Waals surface area contributed by atoms with E-state index in [1.54, 1.807) is 12.1 Å². The van der Waals surface area contributed by atoms with Crippen LogP contribution < -0.4 is 15.2 Å². The number of methoxy groups -OCH3 is 2. The van der Waals surface area contributed by atoms with E-state index < -0.39 is 5.82 Å². The molecule has 0 spiro atoms. The number of halogens is 1. The van der Waals surface area contributed by atoms with E-state index in [9.17, 15) is 4.39 Å². The van der Waals surface area contributed by atoms with Gasteiger partial charge >= 0.3 is 0 Å². The monoisotopic (exact) mass is 249 g/mol. The molecule has 94 valence electrons. The number of aromatic nitrogens is 2. The predicted octanol–water partition coefficient (Wildman–Crippen LogP) is 1.88. The Hall–Kier alpha value is -2.37. The highest BCUT2D eigenvalue weighted by Crippen LogP contribution is 2.30. The molecule has 2 N–H and O–H groups in total. The van der Waals surface area contributed by atoms with E-state index in [1.165, 1.54) is 26.6 Å². The van der Waals surface area contributed by atoms with Gasteiger partial charge in [0.25, 0.3) is 0 Å². The van der Waals surface area contributed by atoms with Crippen molar-refractivity contribution in [2.24, 2.45) is 0 Å². The molecule has 0 radical (unpaired) electrons. The summed E-state index contributed by atoms with van der Waals surface area (Å²) in [5.41, 5.74) is 6.18. The van der Waals surface area contributed by atoms with Gasteiger partial charge in [-0.2, -0.15) is 0 Å². The molecule has 5 nitrogen and oxygen atoms in total. The molecular weight excluding hydrogens is 237 g/mol. The average Bonchev–Trinajstić information content (AvgIpc) is 2.42. The molecule has 2 aromatic heterocycles. The number of anilines is 1. The van der Waals surface area contributed by atoms with Crippen LogP contribution >= 0.6 is 0 Å². The minimum atomic E-state index is -0.624. The minimum absolute atomic E-state index is 0.0710. The maximum Gasteiger partial charge on any atom is 0.212 e. The lowest BCUT2D eigenvalue weighted by Crippen LogP contribution is -2.00. The third-order valence-corrected chi connectivity index (χ3v) is 2.46. The molecule has 0 aromatic carbocycles. The van der Waals surface area contributed by atoms with Gasteiger partial charge in [-0.05, 0) is 6.07 Å². The van der Waals surface area contributed by atoms with Crippen LogP contribution in [0.4, 0.5) is 10.1 Å². The van der Waals surface area contributed by atoms with Gasteiger partial charge in [0.2, 0.25) is 5.88 Å². The fourth-order valence-corrected chi connectivity index (χ4v) is 1.49. The Bertz CT molecular complexity index is 558. The number of pyridine rings is 2. The molecule has 0 atom stereocenters. The molecule has 0 unspecified atom stereocenters. The average molecular weight is 249 g/mol. The largest absolute Gasteiger partial charge is 0.493 e. The molecule has 2 heterocycles.